The maximum absolute atomic E-state index is 11.6. The van der Waals surface area contributed by atoms with Gasteiger partial charge in [0.15, 0.2) is 0 Å². The van der Waals surface area contributed by atoms with E-state index in [9.17, 15) is 4.79 Å². The molecule has 0 spiro atoms. The molecule has 0 aliphatic rings. The van der Waals surface area contributed by atoms with Gasteiger partial charge in [0, 0.05) is 11.5 Å². The first-order chi connectivity index (χ1) is 15.3. The quantitative estimate of drug-likeness (QED) is 0.285. The average molecular weight is 421 g/mol. The maximum Gasteiger partial charge on any atom is 0.336 e. The number of rotatable bonds is 5. The van der Waals surface area contributed by atoms with E-state index in [-0.39, 0.29) is 5.63 Å². The van der Waals surface area contributed by atoms with Crippen molar-refractivity contribution in [2.45, 2.75) is 6.16 Å². The molecule has 0 amide bonds. The Labute approximate surface area is 182 Å². The summed E-state index contributed by atoms with van der Waals surface area (Å²) in [6, 6.07) is 42.1. The first kappa shape index (κ1) is 19.5. The summed E-state index contributed by atoms with van der Waals surface area (Å²) < 4.78 is 5.35. The van der Waals surface area contributed by atoms with Gasteiger partial charge in [-0.25, -0.2) is 4.79 Å². The summed E-state index contributed by atoms with van der Waals surface area (Å²) in [4.78, 5) is 11.6. The fourth-order valence-corrected chi connectivity index (χ4v) is 8.49. The number of hydrogen-bond acceptors (Lipinski definition) is 2. The SMILES string of the molecule is O=c1ccc2cc(C[P+](c3ccccc3)(c3ccccc3)c3ccccc3)ccc2o1. The zero-order valence-electron chi connectivity index (χ0n) is 17.0. The van der Waals surface area contributed by atoms with E-state index in [1.807, 2.05) is 12.1 Å². The molecule has 4 aromatic carbocycles. The highest BCUT2D eigenvalue weighted by Crippen LogP contribution is 2.58. The van der Waals surface area contributed by atoms with Gasteiger partial charge in [-0.1, -0.05) is 60.7 Å². The normalized spacial score (nSPS) is 11.5. The van der Waals surface area contributed by atoms with Crippen molar-refractivity contribution < 1.29 is 4.42 Å². The summed E-state index contributed by atoms with van der Waals surface area (Å²) in [6.45, 7) is 0. The Morgan fingerprint density at radius 2 is 1.10 bits per heavy atom. The Morgan fingerprint density at radius 3 is 1.61 bits per heavy atom. The van der Waals surface area contributed by atoms with Crippen molar-refractivity contribution in [1.82, 2.24) is 0 Å². The molecule has 0 unspecified atom stereocenters. The summed E-state index contributed by atoms with van der Waals surface area (Å²) in [5.74, 6) is 0. The maximum atomic E-state index is 11.6. The zero-order valence-corrected chi connectivity index (χ0v) is 17.9. The lowest BCUT2D eigenvalue weighted by molar-refractivity contribution is 0.561. The van der Waals surface area contributed by atoms with Crippen LogP contribution in [0.4, 0.5) is 0 Å². The van der Waals surface area contributed by atoms with Crippen LogP contribution < -0.4 is 21.5 Å². The van der Waals surface area contributed by atoms with Crippen LogP contribution in [0.2, 0.25) is 0 Å². The van der Waals surface area contributed by atoms with Crippen LogP contribution in [0.5, 0.6) is 0 Å². The molecule has 1 aromatic heterocycles. The molecule has 0 aliphatic heterocycles. The van der Waals surface area contributed by atoms with Crippen molar-refractivity contribution >= 4 is 34.1 Å². The number of benzene rings is 4. The van der Waals surface area contributed by atoms with Crippen LogP contribution in [-0.4, -0.2) is 0 Å². The lowest BCUT2D eigenvalue weighted by Gasteiger charge is -2.28. The highest BCUT2D eigenvalue weighted by Gasteiger charge is 2.45. The van der Waals surface area contributed by atoms with Crippen molar-refractivity contribution in [3.05, 3.63) is 137 Å². The Kier molecular flexibility index (Phi) is 5.24. The summed E-state index contributed by atoms with van der Waals surface area (Å²) in [6.07, 6.45) is 0.889. The highest BCUT2D eigenvalue weighted by molar-refractivity contribution is 7.95. The first-order valence-corrected chi connectivity index (χ1v) is 12.3. The molecule has 0 saturated carbocycles. The molecular weight excluding hydrogens is 399 g/mol. The molecule has 3 heteroatoms. The van der Waals surface area contributed by atoms with E-state index in [0.29, 0.717) is 5.58 Å². The van der Waals surface area contributed by atoms with Gasteiger partial charge in [0.25, 0.3) is 0 Å². The van der Waals surface area contributed by atoms with E-state index in [0.717, 1.165) is 11.5 Å². The molecule has 31 heavy (non-hydrogen) atoms. The third kappa shape index (κ3) is 3.71. The minimum atomic E-state index is -1.96. The average Bonchev–Trinajstić information content (AvgIpc) is 2.84. The molecule has 0 radical (unpaired) electrons. The van der Waals surface area contributed by atoms with Gasteiger partial charge < -0.3 is 4.42 Å². The molecule has 0 saturated heterocycles. The fourth-order valence-electron chi connectivity index (χ4n) is 4.26. The molecule has 150 valence electrons. The summed E-state index contributed by atoms with van der Waals surface area (Å²) in [7, 11) is -1.96. The van der Waals surface area contributed by atoms with Gasteiger partial charge in [-0.05, 0) is 60.2 Å². The molecule has 0 atom stereocenters. The highest BCUT2D eigenvalue weighted by atomic mass is 31.2. The van der Waals surface area contributed by atoms with E-state index in [1.165, 1.54) is 27.5 Å². The molecule has 5 rings (SSSR count). The Bertz CT molecular complexity index is 1260. The van der Waals surface area contributed by atoms with E-state index >= 15 is 0 Å². The second kappa shape index (κ2) is 8.34. The molecule has 0 aliphatic carbocycles. The van der Waals surface area contributed by atoms with Crippen molar-refractivity contribution in [3.63, 3.8) is 0 Å². The van der Waals surface area contributed by atoms with Crippen LogP contribution >= 0.6 is 7.26 Å². The monoisotopic (exact) mass is 421 g/mol. The summed E-state index contributed by atoms with van der Waals surface area (Å²) in [5.41, 5.74) is 1.53. The molecule has 1 heterocycles. The van der Waals surface area contributed by atoms with Crippen molar-refractivity contribution in [1.29, 1.82) is 0 Å². The van der Waals surface area contributed by atoms with Gasteiger partial charge in [0.05, 0.1) is 6.16 Å². The molecule has 2 nitrogen and oxygen atoms in total. The van der Waals surface area contributed by atoms with Gasteiger partial charge in [-0.2, -0.15) is 0 Å². The molecule has 0 N–H and O–H groups in total. The standard InChI is InChI=1S/C28H22O2P/c29-28-19-17-23-20-22(16-18-27(23)30-28)21-31(24-10-4-1-5-11-24,25-12-6-2-7-13-25)26-14-8-3-9-15-26/h1-20H,21H2/q+1. The number of fused-ring (bicyclic) bond motifs is 1. The van der Waals surface area contributed by atoms with E-state index in [1.54, 1.807) is 0 Å². The Morgan fingerprint density at radius 1 is 0.581 bits per heavy atom. The minimum Gasteiger partial charge on any atom is -0.423 e. The fraction of sp³-hybridized carbons (Fsp3) is 0.0357. The Hall–Kier alpha value is -3.48. The van der Waals surface area contributed by atoms with Gasteiger partial charge in [-0.3, -0.25) is 0 Å². The predicted molar refractivity (Wildman–Crippen MR) is 131 cm³/mol. The van der Waals surface area contributed by atoms with Gasteiger partial charge in [-0.15, -0.1) is 0 Å². The molecule has 0 bridgehead atoms. The third-order valence-electron chi connectivity index (χ3n) is 5.69. The third-order valence-corrected chi connectivity index (χ3v) is 10.1. The Balaban J connectivity index is 1.76. The second-order valence-corrected chi connectivity index (χ2v) is 11.1. The second-order valence-electron chi connectivity index (χ2n) is 7.60. The first-order valence-electron chi connectivity index (χ1n) is 10.3. The summed E-state index contributed by atoms with van der Waals surface area (Å²) in [5, 5.41) is 5.01. The van der Waals surface area contributed by atoms with Crippen molar-refractivity contribution in [3.8, 4) is 0 Å². The van der Waals surface area contributed by atoms with Crippen LogP contribution in [0.25, 0.3) is 11.0 Å². The van der Waals surface area contributed by atoms with Crippen LogP contribution in [0, 0.1) is 0 Å². The predicted octanol–water partition coefficient (Wildman–Crippen LogP) is 5.29. The summed E-state index contributed by atoms with van der Waals surface area (Å²) >= 11 is 0. The van der Waals surface area contributed by atoms with Crippen LogP contribution in [-0.2, 0) is 6.16 Å². The van der Waals surface area contributed by atoms with E-state index in [4.69, 9.17) is 4.42 Å². The van der Waals surface area contributed by atoms with Crippen molar-refractivity contribution in [2.24, 2.45) is 0 Å². The molecular formula is C28H22O2P+. The van der Waals surface area contributed by atoms with Crippen LogP contribution in [0.3, 0.4) is 0 Å². The zero-order chi connectivity index (χ0) is 21.1. The lowest BCUT2D eigenvalue weighted by Crippen LogP contribution is -2.32. The topological polar surface area (TPSA) is 30.2 Å². The van der Waals surface area contributed by atoms with Crippen LogP contribution in [0.1, 0.15) is 5.56 Å². The van der Waals surface area contributed by atoms with Crippen LogP contribution in [0.15, 0.2) is 131 Å². The van der Waals surface area contributed by atoms with Gasteiger partial charge in [0.1, 0.15) is 28.8 Å². The number of hydrogen-bond donors (Lipinski definition) is 0. The minimum absolute atomic E-state index is 0.319. The molecule has 0 fully saturated rings. The molecule has 5 aromatic rings. The van der Waals surface area contributed by atoms with Gasteiger partial charge >= 0.3 is 5.63 Å². The lowest BCUT2D eigenvalue weighted by atomic mass is 10.2. The van der Waals surface area contributed by atoms with Gasteiger partial charge in [0.2, 0.25) is 0 Å². The smallest absolute Gasteiger partial charge is 0.336 e. The van der Waals surface area contributed by atoms with Crippen molar-refractivity contribution in [2.75, 3.05) is 0 Å². The van der Waals surface area contributed by atoms with E-state index in [2.05, 4.69) is 103 Å². The largest absolute Gasteiger partial charge is 0.423 e. The van der Waals surface area contributed by atoms with E-state index < -0.39 is 7.26 Å².